The summed E-state index contributed by atoms with van der Waals surface area (Å²) in [5.74, 6) is 1.16. The van der Waals surface area contributed by atoms with Crippen molar-refractivity contribution in [1.82, 2.24) is 4.72 Å². The standard InChI is InChI=1S/C20H33NO2S/c1-16(2)8-7-11-20(18-9-5-4-6-10-18)21-24(22,23)19-14-12-17(3)13-15-19/h12-16,18,20-21H,4-11H2,1-3H3. The van der Waals surface area contributed by atoms with Crippen molar-refractivity contribution in [2.75, 3.05) is 0 Å². The summed E-state index contributed by atoms with van der Waals surface area (Å²) in [6.07, 6.45) is 9.28. The number of rotatable bonds is 8. The van der Waals surface area contributed by atoms with Crippen molar-refractivity contribution in [3.63, 3.8) is 0 Å². The minimum Gasteiger partial charge on any atom is -0.208 e. The molecule has 136 valence electrons. The van der Waals surface area contributed by atoms with E-state index in [-0.39, 0.29) is 6.04 Å². The number of sulfonamides is 1. The lowest BCUT2D eigenvalue weighted by atomic mass is 9.82. The molecule has 3 nitrogen and oxygen atoms in total. The fourth-order valence-corrected chi connectivity index (χ4v) is 5.00. The zero-order valence-electron chi connectivity index (χ0n) is 15.4. The highest BCUT2D eigenvalue weighted by molar-refractivity contribution is 7.89. The van der Waals surface area contributed by atoms with E-state index in [9.17, 15) is 8.42 Å². The van der Waals surface area contributed by atoms with Crippen molar-refractivity contribution in [2.24, 2.45) is 11.8 Å². The van der Waals surface area contributed by atoms with Gasteiger partial charge < -0.3 is 0 Å². The Labute approximate surface area is 148 Å². The largest absolute Gasteiger partial charge is 0.240 e. The zero-order valence-corrected chi connectivity index (χ0v) is 16.2. The number of aryl methyl sites for hydroxylation is 1. The molecule has 0 aromatic heterocycles. The highest BCUT2D eigenvalue weighted by atomic mass is 32.2. The molecule has 1 aromatic rings. The van der Waals surface area contributed by atoms with Crippen LogP contribution in [0.5, 0.6) is 0 Å². The summed E-state index contributed by atoms with van der Waals surface area (Å²) >= 11 is 0. The van der Waals surface area contributed by atoms with Crippen molar-refractivity contribution in [2.45, 2.75) is 83.1 Å². The Hall–Kier alpha value is -0.870. The van der Waals surface area contributed by atoms with Crippen molar-refractivity contribution < 1.29 is 8.42 Å². The van der Waals surface area contributed by atoms with Gasteiger partial charge >= 0.3 is 0 Å². The average molecular weight is 352 g/mol. The second-order valence-electron chi connectivity index (χ2n) is 7.76. The maximum Gasteiger partial charge on any atom is 0.240 e. The van der Waals surface area contributed by atoms with Gasteiger partial charge in [0.15, 0.2) is 0 Å². The van der Waals surface area contributed by atoms with Gasteiger partial charge in [0.2, 0.25) is 10.0 Å². The summed E-state index contributed by atoms with van der Waals surface area (Å²) in [4.78, 5) is 0.387. The van der Waals surface area contributed by atoms with Gasteiger partial charge in [-0.1, -0.05) is 63.6 Å². The SMILES string of the molecule is Cc1ccc(S(=O)(=O)NC(CCCC(C)C)C2CCCCC2)cc1. The lowest BCUT2D eigenvalue weighted by Crippen LogP contribution is -2.41. The van der Waals surface area contributed by atoms with Gasteiger partial charge in [-0.2, -0.15) is 0 Å². The molecule has 1 unspecified atom stereocenters. The highest BCUT2D eigenvalue weighted by Gasteiger charge is 2.28. The monoisotopic (exact) mass is 351 g/mol. The van der Waals surface area contributed by atoms with Crippen LogP contribution in [0.2, 0.25) is 0 Å². The van der Waals surface area contributed by atoms with E-state index >= 15 is 0 Å². The Kier molecular flexibility index (Phi) is 7.30. The number of hydrogen-bond acceptors (Lipinski definition) is 2. The van der Waals surface area contributed by atoms with E-state index in [0.29, 0.717) is 16.7 Å². The maximum atomic E-state index is 12.8. The highest BCUT2D eigenvalue weighted by Crippen LogP contribution is 2.30. The van der Waals surface area contributed by atoms with E-state index in [2.05, 4.69) is 18.6 Å². The molecule has 2 rings (SSSR count). The Morgan fingerprint density at radius 1 is 1.04 bits per heavy atom. The van der Waals surface area contributed by atoms with Crippen molar-refractivity contribution >= 4 is 10.0 Å². The molecule has 0 aliphatic heterocycles. The van der Waals surface area contributed by atoms with Crippen LogP contribution in [0, 0.1) is 18.8 Å². The molecule has 24 heavy (non-hydrogen) atoms. The van der Waals surface area contributed by atoms with Crippen LogP contribution >= 0.6 is 0 Å². The van der Waals surface area contributed by atoms with Crippen LogP contribution in [0.4, 0.5) is 0 Å². The Morgan fingerprint density at radius 3 is 2.25 bits per heavy atom. The Balaban J connectivity index is 2.08. The van der Waals surface area contributed by atoms with Crippen molar-refractivity contribution in [3.05, 3.63) is 29.8 Å². The van der Waals surface area contributed by atoms with E-state index in [0.717, 1.165) is 37.7 Å². The minimum absolute atomic E-state index is 0.0790. The second-order valence-corrected chi connectivity index (χ2v) is 9.48. The zero-order chi connectivity index (χ0) is 17.6. The first-order valence-corrected chi connectivity index (χ1v) is 11.0. The molecule has 1 aromatic carbocycles. The molecule has 0 saturated heterocycles. The van der Waals surface area contributed by atoms with Gasteiger partial charge in [-0.3, -0.25) is 0 Å². The quantitative estimate of drug-likeness (QED) is 0.712. The summed E-state index contributed by atoms with van der Waals surface area (Å²) in [6, 6.07) is 7.23. The summed E-state index contributed by atoms with van der Waals surface area (Å²) < 4.78 is 28.6. The van der Waals surface area contributed by atoms with E-state index < -0.39 is 10.0 Å². The summed E-state index contributed by atoms with van der Waals surface area (Å²) in [6.45, 7) is 6.43. The van der Waals surface area contributed by atoms with Gasteiger partial charge in [-0.15, -0.1) is 0 Å². The topological polar surface area (TPSA) is 46.2 Å². The molecule has 0 spiro atoms. The molecule has 1 aliphatic rings. The molecule has 0 radical (unpaired) electrons. The number of hydrogen-bond donors (Lipinski definition) is 1. The molecule has 0 heterocycles. The van der Waals surface area contributed by atoms with E-state index in [1.807, 2.05) is 19.1 Å². The predicted octanol–water partition coefficient (Wildman–Crippen LogP) is 5.05. The first kappa shape index (κ1) is 19.5. The molecular formula is C20H33NO2S. The molecule has 1 saturated carbocycles. The van der Waals surface area contributed by atoms with Gasteiger partial charge in [-0.25, -0.2) is 13.1 Å². The normalized spacial score (nSPS) is 18.0. The van der Waals surface area contributed by atoms with Crippen molar-refractivity contribution in [1.29, 1.82) is 0 Å². The van der Waals surface area contributed by atoms with Crippen molar-refractivity contribution in [3.8, 4) is 0 Å². The van der Waals surface area contributed by atoms with E-state index in [4.69, 9.17) is 0 Å². The predicted molar refractivity (Wildman–Crippen MR) is 101 cm³/mol. The fourth-order valence-electron chi connectivity index (χ4n) is 3.66. The third-order valence-corrected chi connectivity index (χ3v) is 6.66. The van der Waals surface area contributed by atoms with Crippen LogP contribution in [-0.4, -0.2) is 14.5 Å². The lowest BCUT2D eigenvalue weighted by molar-refractivity contribution is 0.273. The van der Waals surface area contributed by atoms with E-state index in [1.165, 1.54) is 19.3 Å². The Morgan fingerprint density at radius 2 is 1.67 bits per heavy atom. The van der Waals surface area contributed by atoms with Gasteiger partial charge in [0.05, 0.1) is 4.90 Å². The van der Waals surface area contributed by atoms with Crippen LogP contribution in [0.3, 0.4) is 0 Å². The number of benzene rings is 1. The van der Waals surface area contributed by atoms with Crippen LogP contribution < -0.4 is 4.72 Å². The molecule has 0 amide bonds. The first-order valence-electron chi connectivity index (χ1n) is 9.47. The molecule has 1 atom stereocenters. The molecule has 4 heteroatoms. The van der Waals surface area contributed by atoms with E-state index in [1.54, 1.807) is 12.1 Å². The van der Waals surface area contributed by atoms with Crippen LogP contribution in [-0.2, 0) is 10.0 Å². The molecule has 1 fully saturated rings. The number of nitrogens with one attached hydrogen (secondary N) is 1. The van der Waals surface area contributed by atoms with Gasteiger partial charge in [0, 0.05) is 6.04 Å². The second kappa shape index (κ2) is 9.00. The summed E-state index contributed by atoms with van der Waals surface area (Å²) in [7, 11) is -3.43. The summed E-state index contributed by atoms with van der Waals surface area (Å²) in [5.41, 5.74) is 1.08. The average Bonchev–Trinajstić information content (AvgIpc) is 2.55. The first-order chi connectivity index (χ1) is 11.4. The van der Waals surface area contributed by atoms with Crippen LogP contribution in [0.25, 0.3) is 0 Å². The minimum atomic E-state index is -3.43. The third-order valence-electron chi connectivity index (χ3n) is 5.15. The van der Waals surface area contributed by atoms with Gasteiger partial charge in [0.25, 0.3) is 0 Å². The Bertz CT molecular complexity index is 587. The lowest BCUT2D eigenvalue weighted by Gasteiger charge is -2.31. The molecule has 1 aliphatic carbocycles. The maximum absolute atomic E-state index is 12.8. The summed E-state index contributed by atoms with van der Waals surface area (Å²) in [5, 5.41) is 0. The van der Waals surface area contributed by atoms with Crippen LogP contribution in [0.1, 0.15) is 70.8 Å². The molecule has 0 bridgehead atoms. The smallest absolute Gasteiger partial charge is 0.208 e. The van der Waals surface area contributed by atoms with Gasteiger partial charge in [0.1, 0.15) is 0 Å². The van der Waals surface area contributed by atoms with Gasteiger partial charge in [-0.05, 0) is 50.2 Å². The fraction of sp³-hybridized carbons (Fsp3) is 0.700. The van der Waals surface area contributed by atoms with Crippen LogP contribution in [0.15, 0.2) is 29.2 Å². The molecular weight excluding hydrogens is 318 g/mol. The molecule has 1 N–H and O–H groups in total. The third kappa shape index (κ3) is 5.89.